The zero-order valence-corrected chi connectivity index (χ0v) is 15.0. The first-order valence-electron chi connectivity index (χ1n) is 7.83. The summed E-state index contributed by atoms with van der Waals surface area (Å²) in [6, 6.07) is 10.3. The predicted molar refractivity (Wildman–Crippen MR) is 96.3 cm³/mol. The summed E-state index contributed by atoms with van der Waals surface area (Å²) in [5.41, 5.74) is 1.74. The molecule has 1 aromatic heterocycles. The number of ether oxygens (including phenoxy) is 2. The van der Waals surface area contributed by atoms with E-state index < -0.39 is 5.97 Å². The van der Waals surface area contributed by atoms with Crippen LogP contribution in [-0.4, -0.2) is 27.6 Å². The van der Waals surface area contributed by atoms with Gasteiger partial charge in [0.05, 0.1) is 5.39 Å². The first kappa shape index (κ1) is 17.9. The van der Waals surface area contributed by atoms with Crippen LogP contribution in [0.15, 0.2) is 41.2 Å². The molecule has 134 valence electrons. The number of aryl methyl sites for hydroxylation is 2. The van der Waals surface area contributed by atoms with Gasteiger partial charge in [-0.2, -0.15) is 4.68 Å². The van der Waals surface area contributed by atoms with E-state index in [9.17, 15) is 9.59 Å². The second kappa shape index (κ2) is 7.53. The number of hydrogen-bond donors (Lipinski definition) is 0. The summed E-state index contributed by atoms with van der Waals surface area (Å²) >= 11 is 5.97. The largest absolute Gasteiger partial charge is 0.481 e. The quantitative estimate of drug-likeness (QED) is 0.639. The highest BCUT2D eigenvalue weighted by atomic mass is 35.5. The van der Waals surface area contributed by atoms with Crippen LogP contribution in [0.3, 0.4) is 0 Å². The third-order valence-electron chi connectivity index (χ3n) is 3.74. The minimum atomic E-state index is -0.624. The standard InChI is InChI=1S/C18H16ClN3O4/c1-11-7-13(19)8-12(2)17(11)25-9-16(23)26-10-22-18(24)14-5-3-4-6-15(14)20-21-22/h3-8H,9-10H2,1-2H3. The molecular formula is C18H16ClN3O4. The van der Waals surface area contributed by atoms with Crippen LogP contribution in [0.25, 0.3) is 10.9 Å². The number of carbonyl (C=O) groups is 1. The van der Waals surface area contributed by atoms with Gasteiger partial charge in [-0.1, -0.05) is 28.9 Å². The summed E-state index contributed by atoms with van der Waals surface area (Å²) < 4.78 is 11.6. The number of benzene rings is 2. The SMILES string of the molecule is Cc1cc(Cl)cc(C)c1OCC(=O)OCn1nnc2ccccc2c1=O. The summed E-state index contributed by atoms with van der Waals surface area (Å²) in [7, 11) is 0. The molecule has 0 N–H and O–H groups in total. The van der Waals surface area contributed by atoms with E-state index in [1.54, 1.807) is 36.4 Å². The van der Waals surface area contributed by atoms with Crippen molar-refractivity contribution in [3.63, 3.8) is 0 Å². The van der Waals surface area contributed by atoms with Crippen molar-refractivity contribution in [1.29, 1.82) is 0 Å². The number of hydrogen-bond acceptors (Lipinski definition) is 6. The van der Waals surface area contributed by atoms with E-state index in [0.717, 1.165) is 15.8 Å². The fourth-order valence-electron chi connectivity index (χ4n) is 2.54. The molecular weight excluding hydrogens is 358 g/mol. The number of aromatic nitrogens is 3. The average molecular weight is 374 g/mol. The van der Waals surface area contributed by atoms with Gasteiger partial charge in [-0.15, -0.1) is 5.10 Å². The van der Waals surface area contributed by atoms with Crippen molar-refractivity contribution in [3.8, 4) is 5.75 Å². The maximum atomic E-state index is 12.3. The number of rotatable bonds is 5. The fourth-order valence-corrected chi connectivity index (χ4v) is 2.87. The Hall–Kier alpha value is -2.93. The zero-order chi connectivity index (χ0) is 18.7. The van der Waals surface area contributed by atoms with Crippen LogP contribution in [-0.2, 0) is 16.3 Å². The molecule has 0 fully saturated rings. The minimum absolute atomic E-state index is 0.293. The van der Waals surface area contributed by atoms with Gasteiger partial charge >= 0.3 is 5.97 Å². The molecule has 0 saturated carbocycles. The van der Waals surface area contributed by atoms with Gasteiger partial charge in [0.15, 0.2) is 13.3 Å². The first-order valence-corrected chi connectivity index (χ1v) is 8.21. The Balaban J connectivity index is 1.63. The normalized spacial score (nSPS) is 10.7. The molecule has 0 aliphatic heterocycles. The average Bonchev–Trinajstić information content (AvgIpc) is 2.60. The lowest BCUT2D eigenvalue weighted by molar-refractivity contribution is -0.150. The van der Waals surface area contributed by atoms with Crippen molar-refractivity contribution >= 4 is 28.5 Å². The van der Waals surface area contributed by atoms with E-state index >= 15 is 0 Å². The number of fused-ring (bicyclic) bond motifs is 1. The molecule has 3 rings (SSSR count). The highest BCUT2D eigenvalue weighted by Gasteiger charge is 2.11. The zero-order valence-electron chi connectivity index (χ0n) is 14.2. The van der Waals surface area contributed by atoms with Crippen LogP contribution in [0.1, 0.15) is 11.1 Å². The Morgan fingerprint density at radius 1 is 1.19 bits per heavy atom. The van der Waals surface area contributed by atoms with E-state index in [-0.39, 0.29) is 18.9 Å². The number of carbonyl (C=O) groups excluding carboxylic acids is 1. The summed E-state index contributed by atoms with van der Waals surface area (Å²) in [6.45, 7) is 3.05. The van der Waals surface area contributed by atoms with Crippen molar-refractivity contribution in [2.75, 3.05) is 6.61 Å². The Bertz CT molecular complexity index is 1010. The van der Waals surface area contributed by atoms with Crippen LogP contribution in [0.5, 0.6) is 5.75 Å². The van der Waals surface area contributed by atoms with Crippen molar-refractivity contribution < 1.29 is 14.3 Å². The van der Waals surface area contributed by atoms with Crippen LogP contribution >= 0.6 is 11.6 Å². The minimum Gasteiger partial charge on any atom is -0.481 e. The molecule has 0 spiro atoms. The number of halogens is 1. The second-order valence-corrected chi connectivity index (χ2v) is 6.15. The van der Waals surface area contributed by atoms with Crippen LogP contribution < -0.4 is 10.3 Å². The molecule has 8 heteroatoms. The smallest absolute Gasteiger partial charge is 0.345 e. The molecule has 0 aliphatic carbocycles. The van der Waals surface area contributed by atoms with E-state index in [2.05, 4.69) is 10.3 Å². The van der Waals surface area contributed by atoms with Gasteiger partial charge in [-0.05, 0) is 49.2 Å². The second-order valence-electron chi connectivity index (χ2n) is 5.71. The topological polar surface area (TPSA) is 83.3 Å². The van der Waals surface area contributed by atoms with E-state index in [0.29, 0.717) is 21.7 Å². The molecule has 26 heavy (non-hydrogen) atoms. The Morgan fingerprint density at radius 2 is 1.88 bits per heavy atom. The maximum Gasteiger partial charge on any atom is 0.345 e. The van der Waals surface area contributed by atoms with E-state index in [1.807, 2.05) is 13.8 Å². The van der Waals surface area contributed by atoms with Crippen LogP contribution in [0.2, 0.25) is 5.02 Å². The van der Waals surface area contributed by atoms with Gasteiger partial charge in [-0.25, -0.2) is 4.79 Å². The molecule has 1 heterocycles. The van der Waals surface area contributed by atoms with Gasteiger partial charge < -0.3 is 9.47 Å². The molecule has 7 nitrogen and oxygen atoms in total. The number of esters is 1. The van der Waals surface area contributed by atoms with Gasteiger partial charge in [0.1, 0.15) is 11.3 Å². The third kappa shape index (κ3) is 3.83. The fraction of sp³-hybridized carbons (Fsp3) is 0.222. The summed E-state index contributed by atoms with van der Waals surface area (Å²) in [4.78, 5) is 24.2. The Morgan fingerprint density at radius 3 is 2.62 bits per heavy atom. The lowest BCUT2D eigenvalue weighted by Gasteiger charge is -2.12. The Labute approximate surface area is 154 Å². The summed E-state index contributed by atoms with van der Waals surface area (Å²) in [5, 5.41) is 8.68. The van der Waals surface area contributed by atoms with Gasteiger partial charge in [-0.3, -0.25) is 4.79 Å². The summed E-state index contributed by atoms with van der Waals surface area (Å²) in [6.07, 6.45) is 0. The lowest BCUT2D eigenvalue weighted by Crippen LogP contribution is -2.27. The molecule has 0 aliphatic rings. The molecule has 0 unspecified atom stereocenters. The third-order valence-corrected chi connectivity index (χ3v) is 3.95. The molecule has 3 aromatic rings. The molecule has 0 atom stereocenters. The molecule has 0 bridgehead atoms. The van der Waals surface area contributed by atoms with Crippen molar-refractivity contribution in [1.82, 2.24) is 15.0 Å². The molecule has 0 saturated heterocycles. The van der Waals surface area contributed by atoms with Gasteiger partial charge in [0, 0.05) is 5.02 Å². The lowest BCUT2D eigenvalue weighted by atomic mass is 10.1. The van der Waals surface area contributed by atoms with Crippen molar-refractivity contribution in [3.05, 3.63) is 62.9 Å². The predicted octanol–water partition coefficient (Wildman–Crippen LogP) is 2.64. The van der Waals surface area contributed by atoms with Crippen molar-refractivity contribution in [2.24, 2.45) is 0 Å². The van der Waals surface area contributed by atoms with Crippen LogP contribution in [0, 0.1) is 13.8 Å². The van der Waals surface area contributed by atoms with E-state index in [1.165, 1.54) is 0 Å². The molecule has 2 aromatic carbocycles. The Kier molecular flexibility index (Phi) is 5.18. The number of nitrogens with zero attached hydrogens (tertiary/aromatic N) is 3. The van der Waals surface area contributed by atoms with Gasteiger partial charge in [0.2, 0.25) is 0 Å². The van der Waals surface area contributed by atoms with Gasteiger partial charge in [0.25, 0.3) is 5.56 Å². The maximum absolute atomic E-state index is 12.3. The highest BCUT2D eigenvalue weighted by Crippen LogP contribution is 2.26. The molecule has 0 radical (unpaired) electrons. The first-order chi connectivity index (χ1) is 12.5. The van der Waals surface area contributed by atoms with Crippen LogP contribution in [0.4, 0.5) is 0 Å². The monoisotopic (exact) mass is 373 g/mol. The molecule has 0 amide bonds. The van der Waals surface area contributed by atoms with Crippen molar-refractivity contribution in [2.45, 2.75) is 20.6 Å². The summed E-state index contributed by atoms with van der Waals surface area (Å²) in [5.74, 6) is -0.0466. The highest BCUT2D eigenvalue weighted by molar-refractivity contribution is 6.30. The van der Waals surface area contributed by atoms with E-state index in [4.69, 9.17) is 21.1 Å².